The maximum Gasteiger partial charge on any atom is 0.229 e. The Balaban J connectivity index is 2.03. The summed E-state index contributed by atoms with van der Waals surface area (Å²) in [7, 11) is 1.68. The van der Waals surface area contributed by atoms with E-state index in [-0.39, 0.29) is 18.1 Å². The van der Waals surface area contributed by atoms with Crippen molar-refractivity contribution < 1.29 is 9.18 Å². The van der Waals surface area contributed by atoms with Gasteiger partial charge in [0.1, 0.15) is 5.82 Å². The van der Waals surface area contributed by atoms with Crippen molar-refractivity contribution in [1.29, 1.82) is 0 Å². The van der Waals surface area contributed by atoms with Gasteiger partial charge in [-0.15, -0.1) is 0 Å². The summed E-state index contributed by atoms with van der Waals surface area (Å²) in [5.74, 6) is -0.0888. The first-order chi connectivity index (χ1) is 8.56. The van der Waals surface area contributed by atoms with Gasteiger partial charge >= 0.3 is 0 Å². The lowest BCUT2D eigenvalue weighted by Gasteiger charge is -2.06. The van der Waals surface area contributed by atoms with Gasteiger partial charge in [-0.25, -0.2) is 4.39 Å². The molecule has 0 saturated carbocycles. The number of benzene rings is 1. The molecule has 0 unspecified atom stereocenters. The number of nitrogens with two attached hydrogens (primary N) is 1. The number of carbonyl (C=O) groups is 1. The van der Waals surface area contributed by atoms with Crippen molar-refractivity contribution >= 4 is 17.4 Å². The van der Waals surface area contributed by atoms with Crippen LogP contribution in [0, 0.1) is 5.82 Å². The van der Waals surface area contributed by atoms with E-state index >= 15 is 0 Å². The predicted molar refractivity (Wildman–Crippen MR) is 66.4 cm³/mol. The van der Waals surface area contributed by atoms with Crippen LogP contribution in [-0.4, -0.2) is 15.7 Å². The van der Waals surface area contributed by atoms with Gasteiger partial charge in [0, 0.05) is 7.05 Å². The monoisotopic (exact) mass is 248 g/mol. The van der Waals surface area contributed by atoms with Crippen LogP contribution < -0.4 is 11.1 Å². The third kappa shape index (κ3) is 2.65. The number of anilines is 2. The second-order valence-electron chi connectivity index (χ2n) is 3.92. The molecule has 0 spiro atoms. The Hall–Kier alpha value is -2.37. The second-order valence-corrected chi connectivity index (χ2v) is 3.92. The molecule has 0 aliphatic rings. The summed E-state index contributed by atoms with van der Waals surface area (Å²) in [6.07, 6.45) is 1.62. The molecule has 3 N–H and O–H groups in total. The number of amides is 1. The first kappa shape index (κ1) is 12.1. The van der Waals surface area contributed by atoms with Crippen LogP contribution in [0.25, 0.3) is 0 Å². The number of aryl methyl sites for hydroxylation is 1. The lowest BCUT2D eigenvalue weighted by molar-refractivity contribution is -0.115. The lowest BCUT2D eigenvalue weighted by Crippen LogP contribution is -2.17. The number of nitrogens with zero attached hydrogens (tertiary/aromatic N) is 2. The summed E-state index contributed by atoms with van der Waals surface area (Å²) in [5.41, 5.74) is 6.79. The molecule has 0 radical (unpaired) electrons. The van der Waals surface area contributed by atoms with Gasteiger partial charge in [0.2, 0.25) is 5.91 Å². The van der Waals surface area contributed by atoms with Crippen molar-refractivity contribution in [3.05, 3.63) is 41.8 Å². The average molecular weight is 248 g/mol. The number of halogens is 1. The molecular formula is C12H13FN4O. The van der Waals surface area contributed by atoms with Gasteiger partial charge in [0.25, 0.3) is 0 Å². The van der Waals surface area contributed by atoms with E-state index in [4.69, 9.17) is 5.73 Å². The van der Waals surface area contributed by atoms with E-state index in [9.17, 15) is 9.18 Å². The highest BCUT2D eigenvalue weighted by molar-refractivity contribution is 5.93. The summed E-state index contributed by atoms with van der Waals surface area (Å²) in [6.45, 7) is 0. The van der Waals surface area contributed by atoms with E-state index in [2.05, 4.69) is 10.4 Å². The molecule has 0 aliphatic carbocycles. The minimum atomic E-state index is -0.324. The maximum atomic E-state index is 12.7. The van der Waals surface area contributed by atoms with E-state index in [0.29, 0.717) is 11.5 Å². The van der Waals surface area contributed by atoms with Gasteiger partial charge in [-0.2, -0.15) is 5.10 Å². The number of hydrogen-bond acceptors (Lipinski definition) is 3. The van der Waals surface area contributed by atoms with E-state index in [0.717, 1.165) is 5.56 Å². The topological polar surface area (TPSA) is 72.9 Å². The lowest BCUT2D eigenvalue weighted by atomic mass is 10.1. The van der Waals surface area contributed by atoms with Crippen molar-refractivity contribution in [3.63, 3.8) is 0 Å². The van der Waals surface area contributed by atoms with Crippen molar-refractivity contribution in [2.45, 2.75) is 6.42 Å². The van der Waals surface area contributed by atoms with Crippen LogP contribution in [0.1, 0.15) is 5.56 Å². The largest absolute Gasteiger partial charge is 0.394 e. The van der Waals surface area contributed by atoms with Gasteiger partial charge in [0.05, 0.1) is 18.3 Å². The summed E-state index contributed by atoms with van der Waals surface area (Å²) in [5, 5.41) is 6.58. The fourth-order valence-corrected chi connectivity index (χ4v) is 1.57. The van der Waals surface area contributed by atoms with Gasteiger partial charge in [0.15, 0.2) is 5.82 Å². The SMILES string of the molecule is Cn1ncc(N)c1NC(=O)Cc1ccc(F)cc1. The molecule has 2 rings (SSSR count). The smallest absolute Gasteiger partial charge is 0.229 e. The molecular weight excluding hydrogens is 235 g/mol. The number of hydrogen-bond donors (Lipinski definition) is 2. The molecule has 1 amide bonds. The minimum Gasteiger partial charge on any atom is -0.394 e. The van der Waals surface area contributed by atoms with Crippen molar-refractivity contribution in [2.75, 3.05) is 11.1 Å². The van der Waals surface area contributed by atoms with E-state index in [1.807, 2.05) is 0 Å². The van der Waals surface area contributed by atoms with E-state index in [1.165, 1.54) is 23.0 Å². The highest BCUT2D eigenvalue weighted by Crippen LogP contribution is 2.16. The molecule has 1 heterocycles. The first-order valence-electron chi connectivity index (χ1n) is 5.38. The zero-order valence-electron chi connectivity index (χ0n) is 9.85. The van der Waals surface area contributed by atoms with Crippen LogP contribution in [-0.2, 0) is 18.3 Å². The summed E-state index contributed by atoms with van der Waals surface area (Å²) in [6, 6.07) is 5.78. The summed E-state index contributed by atoms with van der Waals surface area (Å²) in [4.78, 5) is 11.8. The van der Waals surface area contributed by atoms with Crippen molar-refractivity contribution in [2.24, 2.45) is 7.05 Å². The van der Waals surface area contributed by atoms with E-state index < -0.39 is 0 Å². The standard InChI is InChI=1S/C12H13FN4O/c1-17-12(10(14)7-15-17)16-11(18)6-8-2-4-9(13)5-3-8/h2-5,7H,6,14H2,1H3,(H,16,18). The van der Waals surface area contributed by atoms with E-state index in [1.54, 1.807) is 19.2 Å². The fraction of sp³-hybridized carbons (Fsp3) is 0.167. The molecule has 1 aromatic carbocycles. The number of nitrogens with one attached hydrogen (secondary N) is 1. The van der Waals surface area contributed by atoms with Crippen LogP contribution in [0.4, 0.5) is 15.9 Å². The highest BCUT2D eigenvalue weighted by Gasteiger charge is 2.10. The van der Waals surface area contributed by atoms with Crippen LogP contribution in [0.3, 0.4) is 0 Å². The van der Waals surface area contributed by atoms with Gasteiger partial charge in [-0.05, 0) is 17.7 Å². The predicted octanol–water partition coefficient (Wildman–Crippen LogP) is 1.32. The zero-order chi connectivity index (χ0) is 13.1. The number of aromatic nitrogens is 2. The normalized spacial score (nSPS) is 10.3. The van der Waals surface area contributed by atoms with Gasteiger partial charge < -0.3 is 11.1 Å². The van der Waals surface area contributed by atoms with Gasteiger partial charge in [-0.3, -0.25) is 9.48 Å². The second kappa shape index (κ2) is 4.87. The number of carbonyl (C=O) groups excluding carboxylic acids is 1. The molecule has 2 aromatic rings. The molecule has 0 atom stereocenters. The van der Waals surface area contributed by atoms with Crippen LogP contribution in [0.5, 0.6) is 0 Å². The third-order valence-corrected chi connectivity index (χ3v) is 2.50. The highest BCUT2D eigenvalue weighted by atomic mass is 19.1. The maximum absolute atomic E-state index is 12.7. The minimum absolute atomic E-state index is 0.158. The summed E-state index contributed by atoms with van der Waals surface area (Å²) >= 11 is 0. The first-order valence-corrected chi connectivity index (χ1v) is 5.38. The molecule has 1 aromatic heterocycles. The quantitative estimate of drug-likeness (QED) is 0.860. The Morgan fingerprint density at radius 1 is 1.44 bits per heavy atom. The average Bonchev–Trinajstić information content (AvgIpc) is 2.64. The number of nitrogen functional groups attached to an aromatic ring is 1. The van der Waals surface area contributed by atoms with Crippen molar-refractivity contribution in [3.8, 4) is 0 Å². The fourth-order valence-electron chi connectivity index (χ4n) is 1.57. The third-order valence-electron chi connectivity index (χ3n) is 2.50. The van der Waals surface area contributed by atoms with Crippen LogP contribution >= 0.6 is 0 Å². The Kier molecular flexibility index (Phi) is 3.27. The van der Waals surface area contributed by atoms with Crippen LogP contribution in [0.15, 0.2) is 30.5 Å². The van der Waals surface area contributed by atoms with Gasteiger partial charge in [-0.1, -0.05) is 12.1 Å². The number of rotatable bonds is 3. The molecule has 0 aliphatic heterocycles. The molecule has 0 fully saturated rings. The zero-order valence-corrected chi connectivity index (χ0v) is 9.85. The molecule has 0 bridgehead atoms. The van der Waals surface area contributed by atoms with Crippen molar-refractivity contribution in [1.82, 2.24) is 9.78 Å². The Morgan fingerprint density at radius 2 is 2.11 bits per heavy atom. The molecule has 18 heavy (non-hydrogen) atoms. The Bertz CT molecular complexity index is 542. The molecule has 6 heteroatoms. The summed E-state index contributed by atoms with van der Waals surface area (Å²) < 4.78 is 14.2. The molecule has 0 saturated heterocycles. The Morgan fingerprint density at radius 3 is 2.67 bits per heavy atom. The van der Waals surface area contributed by atoms with Crippen LogP contribution in [0.2, 0.25) is 0 Å². The Labute approximate surface area is 103 Å². The molecule has 94 valence electrons. The molecule has 5 nitrogen and oxygen atoms in total.